The van der Waals surface area contributed by atoms with Crippen LogP contribution in [0.1, 0.15) is 17.0 Å². The molecule has 1 aliphatic heterocycles. The van der Waals surface area contributed by atoms with Gasteiger partial charge in [-0.2, -0.15) is 0 Å². The number of ether oxygens (including phenoxy) is 1. The van der Waals surface area contributed by atoms with Gasteiger partial charge in [0, 0.05) is 17.3 Å². The third-order valence-electron chi connectivity index (χ3n) is 5.23. The molecule has 2 aliphatic rings. The molecule has 0 radical (unpaired) electrons. The van der Waals surface area contributed by atoms with E-state index >= 15 is 0 Å². The monoisotopic (exact) mass is 445 g/mol. The molecule has 0 spiro atoms. The van der Waals surface area contributed by atoms with Gasteiger partial charge in [-0.3, -0.25) is 15.5 Å². The third-order valence-corrected chi connectivity index (χ3v) is 5.23. The molecule has 166 valence electrons. The van der Waals surface area contributed by atoms with E-state index in [9.17, 15) is 9.59 Å². The maximum absolute atomic E-state index is 12.4. The Labute approximate surface area is 189 Å². The van der Waals surface area contributed by atoms with Crippen molar-refractivity contribution < 1.29 is 28.8 Å². The molecule has 1 aliphatic carbocycles. The highest BCUT2D eigenvalue weighted by Crippen LogP contribution is 2.44. The predicted molar refractivity (Wildman–Crippen MR) is 118 cm³/mol. The fourth-order valence-corrected chi connectivity index (χ4v) is 3.81. The quantitative estimate of drug-likeness (QED) is 0.560. The van der Waals surface area contributed by atoms with E-state index in [4.69, 9.17) is 19.2 Å². The molecule has 3 aromatic carbocycles. The standard InChI is InChI=1S/C24H19N3O6/c28-23(25-16-9-11-17(12-10-16)26-24(29)33-27-31-13-14-32-27)30-15-22-20-7-3-1-5-18(20)19-6-2-4-8-21(19)22/h1-14,22H,15H2,(H,25,28)(H,26,29). The number of carbonyl (C=O) groups excluding carboxylic acids is 2. The molecular formula is C24H19N3O6. The molecule has 5 rings (SSSR count). The van der Waals surface area contributed by atoms with Gasteiger partial charge in [0.05, 0.1) is 0 Å². The minimum Gasteiger partial charge on any atom is -0.448 e. The van der Waals surface area contributed by atoms with E-state index < -0.39 is 12.2 Å². The van der Waals surface area contributed by atoms with E-state index in [0.717, 1.165) is 11.1 Å². The van der Waals surface area contributed by atoms with E-state index in [0.29, 0.717) is 16.8 Å². The number of rotatable bonds is 5. The first-order chi connectivity index (χ1) is 16.2. The van der Waals surface area contributed by atoms with Crippen LogP contribution in [0.5, 0.6) is 0 Å². The van der Waals surface area contributed by atoms with Gasteiger partial charge < -0.3 is 14.4 Å². The summed E-state index contributed by atoms with van der Waals surface area (Å²) in [5.74, 6) is -0.0143. The number of hydrogen-bond acceptors (Lipinski definition) is 7. The second-order valence-electron chi connectivity index (χ2n) is 7.24. The summed E-state index contributed by atoms with van der Waals surface area (Å²) in [6, 6.07) is 22.8. The number of hydrogen-bond donors (Lipinski definition) is 2. The van der Waals surface area contributed by atoms with Crippen LogP contribution >= 0.6 is 0 Å². The number of fused-ring (bicyclic) bond motifs is 3. The summed E-state index contributed by atoms with van der Waals surface area (Å²) in [5.41, 5.74) is 5.60. The normalized spacial score (nSPS) is 13.9. The van der Waals surface area contributed by atoms with Crippen molar-refractivity contribution in [3.8, 4) is 11.1 Å². The van der Waals surface area contributed by atoms with Crippen LogP contribution in [0.25, 0.3) is 11.1 Å². The van der Waals surface area contributed by atoms with Crippen LogP contribution < -0.4 is 10.6 Å². The molecule has 33 heavy (non-hydrogen) atoms. The van der Waals surface area contributed by atoms with Crippen LogP contribution in [0.15, 0.2) is 85.3 Å². The number of benzene rings is 3. The molecule has 0 bridgehead atoms. The fraction of sp³-hybridized carbons (Fsp3) is 0.0833. The lowest BCUT2D eigenvalue weighted by molar-refractivity contribution is -0.444. The molecule has 0 fully saturated rings. The molecule has 2 N–H and O–H groups in total. The number of anilines is 2. The molecule has 2 amide bonds. The van der Waals surface area contributed by atoms with Gasteiger partial charge in [-0.05, 0) is 46.5 Å². The van der Waals surface area contributed by atoms with Crippen LogP contribution in [0.3, 0.4) is 0 Å². The van der Waals surface area contributed by atoms with Crippen molar-refractivity contribution in [3.05, 3.63) is 96.4 Å². The van der Waals surface area contributed by atoms with Crippen molar-refractivity contribution >= 4 is 23.6 Å². The zero-order chi connectivity index (χ0) is 22.6. The highest BCUT2D eigenvalue weighted by Gasteiger charge is 2.29. The Balaban J connectivity index is 1.15. The van der Waals surface area contributed by atoms with Crippen LogP contribution in [-0.4, -0.2) is 24.2 Å². The van der Waals surface area contributed by atoms with E-state index in [1.807, 2.05) is 24.3 Å². The van der Waals surface area contributed by atoms with Gasteiger partial charge in [0.15, 0.2) is 12.5 Å². The average molecular weight is 445 g/mol. The first-order valence-electron chi connectivity index (χ1n) is 10.2. The summed E-state index contributed by atoms with van der Waals surface area (Å²) in [4.78, 5) is 38.3. The van der Waals surface area contributed by atoms with Crippen LogP contribution in [0.2, 0.25) is 0 Å². The highest BCUT2D eigenvalue weighted by atomic mass is 17.2. The summed E-state index contributed by atoms with van der Waals surface area (Å²) < 4.78 is 5.53. The predicted octanol–water partition coefficient (Wildman–Crippen LogP) is 5.16. The van der Waals surface area contributed by atoms with Crippen molar-refractivity contribution in [2.75, 3.05) is 17.2 Å². The van der Waals surface area contributed by atoms with Crippen molar-refractivity contribution in [3.63, 3.8) is 0 Å². The Morgan fingerprint density at radius 1 is 0.758 bits per heavy atom. The Morgan fingerprint density at radius 3 is 1.85 bits per heavy atom. The number of nitrogens with one attached hydrogen (secondary N) is 2. The highest BCUT2D eigenvalue weighted by molar-refractivity contribution is 5.87. The van der Waals surface area contributed by atoms with E-state index in [1.54, 1.807) is 24.3 Å². The first-order valence-corrected chi connectivity index (χ1v) is 10.2. The lowest BCUT2D eigenvalue weighted by atomic mass is 9.98. The Bertz CT molecular complexity index is 1160. The molecule has 1 heterocycles. The van der Waals surface area contributed by atoms with Crippen molar-refractivity contribution in [1.82, 2.24) is 5.39 Å². The molecule has 9 heteroatoms. The fourth-order valence-electron chi connectivity index (χ4n) is 3.81. The first kappa shape index (κ1) is 20.4. The Hall–Kier alpha value is -4.50. The lowest BCUT2D eigenvalue weighted by Gasteiger charge is -2.15. The molecule has 0 aromatic heterocycles. The lowest BCUT2D eigenvalue weighted by Crippen LogP contribution is -2.25. The molecule has 0 saturated heterocycles. The van der Waals surface area contributed by atoms with E-state index in [2.05, 4.69) is 34.9 Å². The Kier molecular flexibility index (Phi) is 5.52. The summed E-state index contributed by atoms with van der Waals surface area (Å²) in [5, 5.41) is 5.73. The zero-order valence-corrected chi connectivity index (χ0v) is 17.3. The zero-order valence-electron chi connectivity index (χ0n) is 17.3. The van der Waals surface area contributed by atoms with Crippen LogP contribution in [0.4, 0.5) is 21.0 Å². The minimum absolute atomic E-state index is 0.0143. The number of carbonyl (C=O) groups is 2. The summed E-state index contributed by atoms with van der Waals surface area (Å²) in [7, 11) is 0. The molecule has 0 atom stereocenters. The maximum atomic E-state index is 12.4. The summed E-state index contributed by atoms with van der Waals surface area (Å²) in [6.45, 7) is 0.223. The molecule has 3 aromatic rings. The van der Waals surface area contributed by atoms with Crippen LogP contribution in [0, 0.1) is 0 Å². The van der Waals surface area contributed by atoms with Crippen LogP contribution in [-0.2, 0) is 19.2 Å². The minimum atomic E-state index is -0.809. The molecule has 0 unspecified atom stereocenters. The van der Waals surface area contributed by atoms with Gasteiger partial charge in [0.1, 0.15) is 6.61 Å². The Morgan fingerprint density at radius 2 is 1.27 bits per heavy atom. The maximum Gasteiger partial charge on any atom is 0.435 e. The van der Waals surface area contributed by atoms with Crippen molar-refractivity contribution in [2.45, 2.75) is 5.92 Å². The van der Waals surface area contributed by atoms with Gasteiger partial charge in [0.2, 0.25) is 5.39 Å². The largest absolute Gasteiger partial charge is 0.448 e. The van der Waals surface area contributed by atoms with Gasteiger partial charge in [-0.25, -0.2) is 9.59 Å². The molecular weight excluding hydrogens is 426 g/mol. The van der Waals surface area contributed by atoms with E-state index in [-0.39, 0.29) is 12.5 Å². The van der Waals surface area contributed by atoms with Gasteiger partial charge >= 0.3 is 12.2 Å². The number of amides is 2. The average Bonchev–Trinajstić information content (AvgIpc) is 3.45. The van der Waals surface area contributed by atoms with E-state index in [1.165, 1.54) is 23.7 Å². The van der Waals surface area contributed by atoms with Gasteiger partial charge in [0.25, 0.3) is 0 Å². The SMILES string of the molecule is O=C(Nc1ccc(NC(=O)ON2OC=CO2)cc1)OCC1c2ccccc2-c2ccccc21. The van der Waals surface area contributed by atoms with Gasteiger partial charge in [-0.1, -0.05) is 48.5 Å². The second-order valence-corrected chi connectivity index (χ2v) is 7.24. The second kappa shape index (κ2) is 8.93. The van der Waals surface area contributed by atoms with Crippen molar-refractivity contribution in [1.29, 1.82) is 0 Å². The van der Waals surface area contributed by atoms with Gasteiger partial charge in [-0.15, -0.1) is 0 Å². The topological polar surface area (TPSA) is 98.4 Å². The molecule has 9 nitrogen and oxygen atoms in total. The third kappa shape index (κ3) is 4.43. The summed E-state index contributed by atoms with van der Waals surface area (Å²) in [6.07, 6.45) is 1.04. The smallest absolute Gasteiger partial charge is 0.435 e. The van der Waals surface area contributed by atoms with Crippen molar-refractivity contribution in [2.24, 2.45) is 0 Å². The number of nitrogens with zero attached hydrogens (tertiary/aromatic N) is 1. The summed E-state index contributed by atoms with van der Waals surface area (Å²) >= 11 is 0. The molecule has 0 saturated carbocycles.